The lowest BCUT2D eigenvalue weighted by molar-refractivity contribution is 0.0533. The van der Waals surface area contributed by atoms with Gasteiger partial charge in [-0.25, -0.2) is 22.4 Å². The van der Waals surface area contributed by atoms with Crippen molar-refractivity contribution in [1.82, 2.24) is 5.32 Å². The molecule has 0 saturated heterocycles. The van der Waals surface area contributed by atoms with Crippen molar-refractivity contribution in [1.29, 1.82) is 0 Å². The van der Waals surface area contributed by atoms with Gasteiger partial charge in [-0.05, 0) is 39.0 Å². The Morgan fingerprint density at radius 2 is 1.88 bits per heavy atom. The third kappa shape index (κ3) is 6.92. The van der Waals surface area contributed by atoms with E-state index in [2.05, 4.69) is 5.32 Å². The SMILES string of the molecule is CC(C)(C)OC(=O)NC/C=C(\F)CS(=O)(=O)c1ccccc1C(=O)O. The maximum atomic E-state index is 13.8. The van der Waals surface area contributed by atoms with Crippen LogP contribution in [0.3, 0.4) is 0 Å². The Morgan fingerprint density at radius 1 is 1.28 bits per heavy atom. The fourth-order valence-electron chi connectivity index (χ4n) is 1.79. The Labute approximate surface area is 145 Å². The van der Waals surface area contributed by atoms with Gasteiger partial charge >= 0.3 is 12.1 Å². The number of alkyl carbamates (subject to hydrolysis) is 1. The number of rotatable bonds is 6. The molecule has 1 rings (SSSR count). The van der Waals surface area contributed by atoms with E-state index in [1.165, 1.54) is 12.1 Å². The highest BCUT2D eigenvalue weighted by molar-refractivity contribution is 7.91. The second kappa shape index (κ2) is 8.11. The van der Waals surface area contributed by atoms with E-state index in [1.54, 1.807) is 20.8 Å². The number of carboxylic acids is 1. The zero-order chi connectivity index (χ0) is 19.3. The maximum absolute atomic E-state index is 13.8. The van der Waals surface area contributed by atoms with E-state index in [4.69, 9.17) is 9.84 Å². The van der Waals surface area contributed by atoms with Gasteiger partial charge in [0.15, 0.2) is 9.84 Å². The lowest BCUT2D eigenvalue weighted by Crippen LogP contribution is -2.32. The second-order valence-electron chi connectivity index (χ2n) is 6.09. The van der Waals surface area contributed by atoms with Gasteiger partial charge in [0.05, 0.1) is 10.5 Å². The van der Waals surface area contributed by atoms with Crippen molar-refractivity contribution in [3.63, 3.8) is 0 Å². The molecule has 0 atom stereocenters. The van der Waals surface area contributed by atoms with Gasteiger partial charge < -0.3 is 15.2 Å². The van der Waals surface area contributed by atoms with E-state index in [1.807, 2.05) is 0 Å². The summed E-state index contributed by atoms with van der Waals surface area (Å²) in [4.78, 5) is 22.0. The first-order chi connectivity index (χ1) is 11.4. The van der Waals surface area contributed by atoms with Crippen molar-refractivity contribution < 1.29 is 32.2 Å². The molecule has 1 aromatic rings. The second-order valence-corrected chi connectivity index (χ2v) is 8.05. The van der Waals surface area contributed by atoms with Crippen LogP contribution in [-0.4, -0.2) is 43.5 Å². The van der Waals surface area contributed by atoms with Crippen molar-refractivity contribution in [3.05, 3.63) is 41.7 Å². The minimum atomic E-state index is -4.18. The number of amides is 1. The Balaban J connectivity index is 2.77. The van der Waals surface area contributed by atoms with Crippen LogP contribution >= 0.6 is 0 Å². The highest BCUT2D eigenvalue weighted by Crippen LogP contribution is 2.19. The van der Waals surface area contributed by atoms with Crippen molar-refractivity contribution in [2.45, 2.75) is 31.3 Å². The maximum Gasteiger partial charge on any atom is 0.407 e. The van der Waals surface area contributed by atoms with Gasteiger partial charge in [-0.2, -0.15) is 0 Å². The molecule has 0 saturated carbocycles. The van der Waals surface area contributed by atoms with E-state index in [9.17, 15) is 22.4 Å². The number of benzene rings is 1. The minimum Gasteiger partial charge on any atom is -0.478 e. The van der Waals surface area contributed by atoms with Gasteiger partial charge in [-0.15, -0.1) is 0 Å². The summed E-state index contributed by atoms with van der Waals surface area (Å²) in [6, 6.07) is 4.95. The largest absolute Gasteiger partial charge is 0.478 e. The average molecular weight is 373 g/mol. The molecule has 7 nitrogen and oxygen atoms in total. The van der Waals surface area contributed by atoms with Crippen LogP contribution in [0.1, 0.15) is 31.1 Å². The van der Waals surface area contributed by atoms with Crippen LogP contribution in [-0.2, 0) is 14.6 Å². The molecule has 0 radical (unpaired) electrons. The number of hydrogen-bond donors (Lipinski definition) is 2. The van der Waals surface area contributed by atoms with Crippen molar-refractivity contribution in [3.8, 4) is 0 Å². The first kappa shape index (κ1) is 20.6. The normalized spacial score (nSPS) is 12.6. The fraction of sp³-hybridized carbons (Fsp3) is 0.375. The van der Waals surface area contributed by atoms with Gasteiger partial charge in [0.2, 0.25) is 0 Å². The highest BCUT2D eigenvalue weighted by atomic mass is 32.2. The molecule has 1 aromatic carbocycles. The summed E-state index contributed by atoms with van der Waals surface area (Å²) in [5.41, 5.74) is -1.14. The summed E-state index contributed by atoms with van der Waals surface area (Å²) in [6.45, 7) is 4.72. The Morgan fingerprint density at radius 3 is 2.44 bits per heavy atom. The van der Waals surface area contributed by atoms with Gasteiger partial charge in [0.25, 0.3) is 0 Å². The number of ether oxygens (including phenoxy) is 1. The van der Waals surface area contributed by atoms with Crippen molar-refractivity contribution >= 4 is 21.9 Å². The molecular formula is C16H20FNO6S. The van der Waals surface area contributed by atoms with Gasteiger partial charge in [0, 0.05) is 6.54 Å². The number of carbonyl (C=O) groups is 2. The summed E-state index contributed by atoms with van der Waals surface area (Å²) in [6.07, 6.45) is 0.112. The first-order valence-corrected chi connectivity index (χ1v) is 8.94. The summed E-state index contributed by atoms with van der Waals surface area (Å²) < 4.78 is 43.2. The summed E-state index contributed by atoms with van der Waals surface area (Å²) in [5, 5.41) is 11.3. The Hall–Kier alpha value is -2.42. The lowest BCUT2D eigenvalue weighted by atomic mass is 10.2. The zero-order valence-corrected chi connectivity index (χ0v) is 14.9. The van der Waals surface area contributed by atoms with Crippen LogP contribution in [0, 0.1) is 0 Å². The van der Waals surface area contributed by atoms with Crippen LogP contribution in [0.15, 0.2) is 41.1 Å². The molecule has 1 amide bonds. The molecule has 0 bridgehead atoms. The first-order valence-electron chi connectivity index (χ1n) is 7.29. The number of aromatic carboxylic acids is 1. The zero-order valence-electron chi connectivity index (χ0n) is 14.1. The molecule has 9 heteroatoms. The molecule has 0 fully saturated rings. The lowest BCUT2D eigenvalue weighted by Gasteiger charge is -2.19. The van der Waals surface area contributed by atoms with Gasteiger partial charge in [0.1, 0.15) is 17.2 Å². The van der Waals surface area contributed by atoms with E-state index in [-0.39, 0.29) is 6.54 Å². The molecule has 25 heavy (non-hydrogen) atoms. The third-order valence-corrected chi connectivity index (χ3v) is 4.43. The molecule has 0 aliphatic carbocycles. The molecule has 0 aliphatic rings. The van der Waals surface area contributed by atoms with Gasteiger partial charge in [-0.3, -0.25) is 0 Å². The standard InChI is InChI=1S/C16H20FNO6S/c1-16(2,3)24-15(21)18-9-8-11(17)10-25(22,23)13-7-5-4-6-12(13)14(19)20/h4-8H,9-10H2,1-3H3,(H,18,21)(H,19,20)/b11-8-. The topological polar surface area (TPSA) is 110 Å². The average Bonchev–Trinajstić information content (AvgIpc) is 2.44. The van der Waals surface area contributed by atoms with E-state index in [0.29, 0.717) is 0 Å². The molecule has 0 aromatic heterocycles. The molecule has 0 heterocycles. The third-order valence-electron chi connectivity index (χ3n) is 2.75. The smallest absolute Gasteiger partial charge is 0.407 e. The number of carboxylic acid groups (broad SMARTS) is 1. The predicted molar refractivity (Wildman–Crippen MR) is 88.9 cm³/mol. The summed E-state index contributed by atoms with van der Waals surface area (Å²) in [7, 11) is -4.18. The number of hydrogen-bond acceptors (Lipinski definition) is 5. The van der Waals surface area contributed by atoms with Crippen molar-refractivity contribution in [2.75, 3.05) is 12.3 Å². The van der Waals surface area contributed by atoms with Crippen LogP contribution in [0.2, 0.25) is 0 Å². The molecule has 0 aliphatic heterocycles. The van der Waals surface area contributed by atoms with Crippen LogP contribution < -0.4 is 5.32 Å². The molecule has 0 unspecified atom stereocenters. The minimum absolute atomic E-state index is 0.267. The molecule has 0 spiro atoms. The van der Waals surface area contributed by atoms with Crippen LogP contribution in [0.4, 0.5) is 9.18 Å². The van der Waals surface area contributed by atoms with Crippen molar-refractivity contribution in [2.24, 2.45) is 0 Å². The molecular weight excluding hydrogens is 353 g/mol. The number of sulfone groups is 1. The quantitative estimate of drug-likeness (QED) is 0.793. The fourth-order valence-corrected chi connectivity index (χ4v) is 3.20. The van der Waals surface area contributed by atoms with Gasteiger partial charge in [-0.1, -0.05) is 12.1 Å². The number of carbonyl (C=O) groups excluding carboxylic acids is 1. The predicted octanol–water partition coefficient (Wildman–Crippen LogP) is 2.54. The van der Waals surface area contributed by atoms with E-state index in [0.717, 1.165) is 18.2 Å². The van der Waals surface area contributed by atoms with E-state index >= 15 is 0 Å². The monoisotopic (exact) mass is 373 g/mol. The Bertz CT molecular complexity index is 780. The van der Waals surface area contributed by atoms with Crippen LogP contribution in [0.5, 0.6) is 0 Å². The highest BCUT2D eigenvalue weighted by Gasteiger charge is 2.23. The molecule has 138 valence electrons. The van der Waals surface area contributed by atoms with Crippen LogP contribution in [0.25, 0.3) is 0 Å². The summed E-state index contributed by atoms with van der Waals surface area (Å²) in [5.74, 6) is -3.45. The molecule has 2 N–H and O–H groups in total. The summed E-state index contributed by atoms with van der Waals surface area (Å²) >= 11 is 0. The number of nitrogens with one attached hydrogen (secondary N) is 1. The van der Waals surface area contributed by atoms with E-state index < -0.39 is 49.5 Å². The number of halogens is 1. The Kier molecular flexibility index (Phi) is 6.69.